The third-order valence-electron chi connectivity index (χ3n) is 2.47. The van der Waals surface area contributed by atoms with Gasteiger partial charge in [0.05, 0.1) is 4.34 Å². The second-order valence-electron chi connectivity index (χ2n) is 3.87. The molecule has 0 aliphatic heterocycles. The summed E-state index contributed by atoms with van der Waals surface area (Å²) in [5.41, 5.74) is 0. The molecule has 96 valence electrons. The molecule has 1 heterocycles. The number of nitrogens with one attached hydrogen (secondary N) is 1. The average Bonchev–Trinajstić information content (AvgIpc) is 2.81. The lowest BCUT2D eigenvalue weighted by atomic mass is 10.3. The Kier molecular flexibility index (Phi) is 6.08. The standard InChI is InChI=1S/C14H16ClNS2/c15-14-7-6-13(18-14)8-9-16-10-11-17-12-4-2-1-3-5-12/h1-7,16H,8-11H2. The molecule has 2 aromatic rings. The molecule has 0 bridgehead atoms. The van der Waals surface area contributed by atoms with E-state index in [4.69, 9.17) is 11.6 Å². The van der Waals surface area contributed by atoms with E-state index in [1.54, 1.807) is 11.3 Å². The maximum atomic E-state index is 5.89. The van der Waals surface area contributed by atoms with Crippen LogP contribution >= 0.6 is 34.7 Å². The number of hydrogen-bond acceptors (Lipinski definition) is 3. The molecule has 0 saturated heterocycles. The molecule has 1 aromatic heterocycles. The Balaban J connectivity index is 1.54. The summed E-state index contributed by atoms with van der Waals surface area (Å²) in [6, 6.07) is 14.6. The van der Waals surface area contributed by atoms with Gasteiger partial charge in [0.1, 0.15) is 0 Å². The second kappa shape index (κ2) is 7.85. The molecule has 18 heavy (non-hydrogen) atoms. The minimum atomic E-state index is 0.879. The highest BCUT2D eigenvalue weighted by Gasteiger charge is 1.97. The van der Waals surface area contributed by atoms with Gasteiger partial charge in [-0.25, -0.2) is 0 Å². The van der Waals surface area contributed by atoms with Crippen LogP contribution in [0.1, 0.15) is 4.88 Å². The van der Waals surface area contributed by atoms with Gasteiger partial charge < -0.3 is 5.32 Å². The molecule has 0 radical (unpaired) electrons. The van der Waals surface area contributed by atoms with E-state index < -0.39 is 0 Å². The second-order valence-corrected chi connectivity index (χ2v) is 6.84. The first-order chi connectivity index (χ1) is 8.84. The zero-order valence-electron chi connectivity index (χ0n) is 10.1. The molecular weight excluding hydrogens is 282 g/mol. The van der Waals surface area contributed by atoms with Crippen molar-refractivity contribution in [2.45, 2.75) is 11.3 Å². The molecule has 0 fully saturated rings. The SMILES string of the molecule is Clc1ccc(CCNCCSc2ccccc2)s1. The summed E-state index contributed by atoms with van der Waals surface area (Å²) < 4.78 is 0.879. The van der Waals surface area contributed by atoms with Crippen LogP contribution in [0.15, 0.2) is 47.4 Å². The topological polar surface area (TPSA) is 12.0 Å². The number of benzene rings is 1. The summed E-state index contributed by atoms with van der Waals surface area (Å²) in [5, 5.41) is 3.46. The van der Waals surface area contributed by atoms with Crippen LogP contribution in [0.5, 0.6) is 0 Å². The molecule has 0 aliphatic rings. The van der Waals surface area contributed by atoms with E-state index in [0.717, 1.165) is 29.6 Å². The first-order valence-corrected chi connectivity index (χ1v) is 8.15. The van der Waals surface area contributed by atoms with Gasteiger partial charge in [0.15, 0.2) is 0 Å². The normalized spacial score (nSPS) is 10.7. The van der Waals surface area contributed by atoms with Gasteiger partial charge >= 0.3 is 0 Å². The lowest BCUT2D eigenvalue weighted by molar-refractivity contribution is 0.725. The van der Waals surface area contributed by atoms with Gasteiger partial charge in [-0.1, -0.05) is 29.8 Å². The predicted molar refractivity (Wildman–Crippen MR) is 83.1 cm³/mol. The molecule has 0 spiro atoms. The van der Waals surface area contributed by atoms with Crippen molar-refractivity contribution in [2.75, 3.05) is 18.8 Å². The summed E-state index contributed by atoms with van der Waals surface area (Å²) in [6.45, 7) is 2.06. The molecule has 0 aliphatic carbocycles. The number of thioether (sulfide) groups is 1. The van der Waals surface area contributed by atoms with Gasteiger partial charge in [-0.05, 0) is 37.2 Å². The fourth-order valence-electron chi connectivity index (χ4n) is 1.58. The van der Waals surface area contributed by atoms with E-state index in [9.17, 15) is 0 Å². The number of rotatable bonds is 7. The zero-order chi connectivity index (χ0) is 12.6. The minimum Gasteiger partial charge on any atom is -0.316 e. The van der Waals surface area contributed by atoms with Crippen molar-refractivity contribution in [1.29, 1.82) is 0 Å². The van der Waals surface area contributed by atoms with Crippen molar-refractivity contribution in [3.8, 4) is 0 Å². The molecule has 0 atom stereocenters. The van der Waals surface area contributed by atoms with Crippen LogP contribution < -0.4 is 5.32 Å². The molecule has 0 saturated carbocycles. The molecular formula is C14H16ClNS2. The van der Waals surface area contributed by atoms with Crippen LogP contribution in [0.25, 0.3) is 0 Å². The fourth-order valence-corrected chi connectivity index (χ4v) is 3.50. The first kappa shape index (κ1) is 13.9. The third-order valence-corrected chi connectivity index (χ3v) is 4.77. The predicted octanol–water partition coefficient (Wildman–Crippen LogP) is 4.33. The van der Waals surface area contributed by atoms with Gasteiger partial charge in [-0.2, -0.15) is 0 Å². The number of thiophene rings is 1. The first-order valence-electron chi connectivity index (χ1n) is 5.97. The van der Waals surface area contributed by atoms with Crippen molar-refractivity contribution >= 4 is 34.7 Å². The molecule has 1 N–H and O–H groups in total. The monoisotopic (exact) mass is 297 g/mol. The van der Waals surface area contributed by atoms with Crippen LogP contribution in [-0.2, 0) is 6.42 Å². The van der Waals surface area contributed by atoms with Crippen molar-refractivity contribution in [1.82, 2.24) is 5.32 Å². The van der Waals surface area contributed by atoms with E-state index in [2.05, 4.69) is 41.7 Å². The highest BCUT2D eigenvalue weighted by molar-refractivity contribution is 7.99. The molecule has 0 unspecified atom stereocenters. The molecule has 0 amide bonds. The Hall–Kier alpha value is -0.480. The van der Waals surface area contributed by atoms with Gasteiger partial charge in [-0.15, -0.1) is 23.1 Å². The highest BCUT2D eigenvalue weighted by atomic mass is 35.5. The van der Waals surface area contributed by atoms with Crippen LogP contribution in [0.4, 0.5) is 0 Å². The van der Waals surface area contributed by atoms with Crippen LogP contribution in [-0.4, -0.2) is 18.8 Å². The lowest BCUT2D eigenvalue weighted by Crippen LogP contribution is -2.19. The summed E-state index contributed by atoms with van der Waals surface area (Å²) in [4.78, 5) is 2.69. The molecule has 1 nitrogen and oxygen atoms in total. The largest absolute Gasteiger partial charge is 0.316 e. The summed E-state index contributed by atoms with van der Waals surface area (Å²) >= 11 is 9.44. The smallest absolute Gasteiger partial charge is 0.0931 e. The van der Waals surface area contributed by atoms with E-state index in [1.807, 2.05) is 17.8 Å². The van der Waals surface area contributed by atoms with Gasteiger partial charge in [0.25, 0.3) is 0 Å². The van der Waals surface area contributed by atoms with Crippen molar-refractivity contribution < 1.29 is 0 Å². The van der Waals surface area contributed by atoms with Gasteiger partial charge in [0, 0.05) is 22.1 Å². The molecule has 1 aromatic carbocycles. The van der Waals surface area contributed by atoms with Gasteiger partial charge in [0.2, 0.25) is 0 Å². The van der Waals surface area contributed by atoms with Crippen LogP contribution in [0.2, 0.25) is 4.34 Å². The molecule has 4 heteroatoms. The summed E-state index contributed by atoms with van der Waals surface area (Å²) in [5.74, 6) is 1.11. The highest BCUT2D eigenvalue weighted by Crippen LogP contribution is 2.21. The quantitative estimate of drug-likeness (QED) is 0.603. The number of hydrogen-bond donors (Lipinski definition) is 1. The van der Waals surface area contributed by atoms with Crippen molar-refractivity contribution in [3.63, 3.8) is 0 Å². The van der Waals surface area contributed by atoms with Gasteiger partial charge in [-0.3, -0.25) is 0 Å². The van der Waals surface area contributed by atoms with E-state index >= 15 is 0 Å². The van der Waals surface area contributed by atoms with E-state index in [-0.39, 0.29) is 0 Å². The Morgan fingerprint density at radius 1 is 1.06 bits per heavy atom. The summed E-state index contributed by atoms with van der Waals surface area (Å²) in [6.07, 6.45) is 1.06. The Bertz CT molecular complexity index is 456. The maximum Gasteiger partial charge on any atom is 0.0931 e. The van der Waals surface area contributed by atoms with Crippen molar-refractivity contribution in [2.24, 2.45) is 0 Å². The Morgan fingerprint density at radius 2 is 1.89 bits per heavy atom. The summed E-state index contributed by atoms with van der Waals surface area (Å²) in [7, 11) is 0. The average molecular weight is 298 g/mol. The maximum absolute atomic E-state index is 5.89. The van der Waals surface area contributed by atoms with E-state index in [1.165, 1.54) is 9.77 Å². The van der Waals surface area contributed by atoms with Crippen LogP contribution in [0.3, 0.4) is 0 Å². The zero-order valence-corrected chi connectivity index (χ0v) is 12.5. The third kappa shape index (κ3) is 5.02. The Morgan fingerprint density at radius 3 is 2.61 bits per heavy atom. The minimum absolute atomic E-state index is 0.879. The molecule has 2 rings (SSSR count). The fraction of sp³-hybridized carbons (Fsp3) is 0.286. The van der Waals surface area contributed by atoms with Crippen molar-refractivity contribution in [3.05, 3.63) is 51.7 Å². The van der Waals surface area contributed by atoms with E-state index in [0.29, 0.717) is 0 Å². The Labute approximate surface area is 122 Å². The lowest BCUT2D eigenvalue weighted by Gasteiger charge is -2.03. The number of halogens is 1. The van der Waals surface area contributed by atoms with Crippen LogP contribution in [0, 0.1) is 0 Å².